The predicted molar refractivity (Wildman–Crippen MR) is 81.5 cm³/mol. The van der Waals surface area contributed by atoms with Gasteiger partial charge in [0.2, 0.25) is 0 Å². The van der Waals surface area contributed by atoms with E-state index in [-0.39, 0.29) is 13.2 Å². The Morgan fingerprint density at radius 1 is 1.00 bits per heavy atom. The second kappa shape index (κ2) is 6.42. The Bertz CT molecular complexity index is 552. The molecule has 0 aromatic heterocycles. The van der Waals surface area contributed by atoms with Crippen LogP contribution in [0.3, 0.4) is 0 Å². The Labute approximate surface area is 115 Å². The Morgan fingerprint density at radius 2 is 1.68 bits per heavy atom. The van der Waals surface area contributed by atoms with Crippen LogP contribution in [0.4, 0.5) is 4.39 Å². The molecule has 100 valence electrons. The van der Waals surface area contributed by atoms with Crippen LogP contribution in [0.15, 0.2) is 42.5 Å². The maximum Gasteiger partial charge on any atom is 0.169 e. The van der Waals surface area contributed by atoms with Gasteiger partial charge in [0.1, 0.15) is 17.3 Å². The molecular formula is C16H20BFO. The van der Waals surface area contributed by atoms with Crippen LogP contribution in [0.25, 0.3) is 0 Å². The van der Waals surface area contributed by atoms with Crippen molar-refractivity contribution in [2.45, 2.75) is 28.0 Å². The highest BCUT2D eigenvalue weighted by Gasteiger charge is 2.07. The lowest BCUT2D eigenvalue weighted by molar-refractivity contribution is 0.476. The number of benzene rings is 2. The van der Waals surface area contributed by atoms with Crippen molar-refractivity contribution in [3.05, 3.63) is 53.8 Å². The van der Waals surface area contributed by atoms with Crippen molar-refractivity contribution in [3.8, 4) is 11.5 Å². The summed E-state index contributed by atoms with van der Waals surface area (Å²) in [5, 5.41) is 0. The topological polar surface area (TPSA) is 9.23 Å². The van der Waals surface area contributed by atoms with Crippen LogP contribution in [0.5, 0.6) is 11.5 Å². The molecule has 0 saturated heterocycles. The third-order valence-electron chi connectivity index (χ3n) is 2.90. The Morgan fingerprint density at radius 3 is 2.26 bits per heavy atom. The minimum absolute atomic E-state index is 0. The van der Waals surface area contributed by atoms with E-state index in [2.05, 4.69) is 26.6 Å². The molecule has 0 amide bonds. The van der Waals surface area contributed by atoms with Gasteiger partial charge in [0.15, 0.2) is 6.71 Å². The van der Waals surface area contributed by atoms with Crippen molar-refractivity contribution in [2.24, 2.45) is 0 Å². The van der Waals surface area contributed by atoms with Crippen molar-refractivity contribution < 1.29 is 9.13 Å². The van der Waals surface area contributed by atoms with Crippen molar-refractivity contribution in [1.29, 1.82) is 0 Å². The molecule has 0 heterocycles. The summed E-state index contributed by atoms with van der Waals surface area (Å²) in [6.45, 7) is 6.88. The molecule has 0 fully saturated rings. The van der Waals surface area contributed by atoms with Crippen molar-refractivity contribution in [1.82, 2.24) is 0 Å². The van der Waals surface area contributed by atoms with E-state index in [9.17, 15) is 4.39 Å². The highest BCUT2D eigenvalue weighted by Crippen LogP contribution is 2.22. The first-order valence-electron chi connectivity index (χ1n) is 6.10. The minimum Gasteiger partial charge on any atom is -0.457 e. The Kier molecular flexibility index (Phi) is 5.16. The molecule has 0 saturated carbocycles. The maximum atomic E-state index is 13.0. The minimum atomic E-state index is -0.289. The molecule has 19 heavy (non-hydrogen) atoms. The molecule has 0 spiro atoms. The maximum absolute atomic E-state index is 13.0. The van der Waals surface area contributed by atoms with Gasteiger partial charge in [0.05, 0.1) is 0 Å². The van der Waals surface area contributed by atoms with Crippen molar-refractivity contribution in [2.75, 3.05) is 0 Å². The molecule has 0 aliphatic heterocycles. The van der Waals surface area contributed by atoms with Crippen LogP contribution in [-0.4, -0.2) is 6.71 Å². The lowest BCUT2D eigenvalue weighted by atomic mass is 9.48. The summed E-state index contributed by atoms with van der Waals surface area (Å²) in [6.07, 6.45) is 0. The molecule has 0 bridgehead atoms. The third-order valence-corrected chi connectivity index (χ3v) is 2.90. The number of aryl methyl sites for hydroxylation is 1. The summed E-state index contributed by atoms with van der Waals surface area (Å²) in [5.41, 5.74) is 2.50. The van der Waals surface area contributed by atoms with Crippen LogP contribution in [0, 0.1) is 12.7 Å². The lowest BCUT2D eigenvalue weighted by Gasteiger charge is -2.11. The van der Waals surface area contributed by atoms with Crippen molar-refractivity contribution >= 4 is 12.2 Å². The molecule has 0 unspecified atom stereocenters. The number of ether oxygens (including phenoxy) is 1. The SMILES string of the molecule is C.CB(C)c1ccc(Oc2cccc(F)c2)cc1C. The van der Waals surface area contributed by atoms with E-state index in [1.807, 2.05) is 12.1 Å². The molecule has 2 rings (SSSR count). The molecule has 0 atom stereocenters. The fourth-order valence-electron chi connectivity index (χ4n) is 2.03. The van der Waals surface area contributed by atoms with E-state index in [0.717, 1.165) is 5.75 Å². The number of halogens is 1. The van der Waals surface area contributed by atoms with E-state index in [1.165, 1.54) is 23.2 Å². The fourth-order valence-corrected chi connectivity index (χ4v) is 2.03. The number of rotatable bonds is 3. The quantitative estimate of drug-likeness (QED) is 0.735. The molecule has 0 N–H and O–H groups in total. The van der Waals surface area contributed by atoms with Gasteiger partial charge in [-0.3, -0.25) is 0 Å². The largest absolute Gasteiger partial charge is 0.457 e. The standard InChI is InChI=1S/C15H16BFO.CH4/c1-11-9-14(7-8-15(11)16(2)3)18-13-6-4-5-12(17)10-13;/h4-10H,1-3H3;1H4. The average molecular weight is 258 g/mol. The van der Waals surface area contributed by atoms with Gasteiger partial charge in [-0.25, -0.2) is 4.39 Å². The third kappa shape index (κ3) is 3.85. The number of hydrogen-bond donors (Lipinski definition) is 0. The van der Waals surface area contributed by atoms with E-state index in [1.54, 1.807) is 12.1 Å². The summed E-state index contributed by atoms with van der Waals surface area (Å²) in [7, 11) is 0. The molecular weight excluding hydrogens is 238 g/mol. The predicted octanol–water partition coefficient (Wildman–Crippen LogP) is 4.52. The van der Waals surface area contributed by atoms with Crippen LogP contribution in [0.1, 0.15) is 13.0 Å². The average Bonchev–Trinajstić information content (AvgIpc) is 2.28. The highest BCUT2D eigenvalue weighted by molar-refractivity contribution is 6.71. The van der Waals surface area contributed by atoms with Gasteiger partial charge in [-0.15, -0.1) is 0 Å². The number of hydrogen-bond acceptors (Lipinski definition) is 1. The van der Waals surface area contributed by atoms with Crippen LogP contribution in [0.2, 0.25) is 13.6 Å². The molecule has 3 heteroatoms. The zero-order valence-corrected chi connectivity index (χ0v) is 10.9. The van der Waals surface area contributed by atoms with Gasteiger partial charge in [-0.2, -0.15) is 0 Å². The molecule has 0 aliphatic rings. The highest BCUT2D eigenvalue weighted by atomic mass is 19.1. The van der Waals surface area contributed by atoms with Gasteiger partial charge in [0, 0.05) is 6.07 Å². The summed E-state index contributed by atoms with van der Waals surface area (Å²) in [5.74, 6) is 0.970. The second-order valence-electron chi connectivity index (χ2n) is 4.73. The summed E-state index contributed by atoms with van der Waals surface area (Å²) in [4.78, 5) is 0. The molecule has 0 aliphatic carbocycles. The smallest absolute Gasteiger partial charge is 0.169 e. The first-order valence-corrected chi connectivity index (χ1v) is 6.10. The molecule has 2 aromatic carbocycles. The van der Waals surface area contributed by atoms with E-state index in [4.69, 9.17) is 4.74 Å². The first-order chi connectivity index (χ1) is 8.56. The summed E-state index contributed by atoms with van der Waals surface area (Å²) < 4.78 is 18.7. The molecule has 0 radical (unpaired) electrons. The van der Waals surface area contributed by atoms with Gasteiger partial charge in [-0.05, 0) is 31.2 Å². The van der Waals surface area contributed by atoms with Crippen LogP contribution >= 0.6 is 0 Å². The van der Waals surface area contributed by atoms with Gasteiger partial charge in [0.25, 0.3) is 0 Å². The van der Waals surface area contributed by atoms with E-state index >= 15 is 0 Å². The van der Waals surface area contributed by atoms with E-state index < -0.39 is 0 Å². The zero-order chi connectivity index (χ0) is 13.1. The van der Waals surface area contributed by atoms with E-state index in [0.29, 0.717) is 12.5 Å². The van der Waals surface area contributed by atoms with Gasteiger partial charge < -0.3 is 4.74 Å². The fraction of sp³-hybridized carbons (Fsp3) is 0.250. The Balaban J connectivity index is 0.00000180. The monoisotopic (exact) mass is 258 g/mol. The summed E-state index contributed by atoms with van der Waals surface area (Å²) in [6, 6.07) is 12.1. The Hall–Kier alpha value is -1.77. The second-order valence-corrected chi connectivity index (χ2v) is 4.73. The van der Waals surface area contributed by atoms with Crippen molar-refractivity contribution in [3.63, 3.8) is 0 Å². The van der Waals surface area contributed by atoms with Gasteiger partial charge in [-0.1, -0.05) is 44.2 Å². The normalized spacial score (nSPS) is 9.68. The van der Waals surface area contributed by atoms with Crippen LogP contribution in [-0.2, 0) is 0 Å². The molecule has 2 aromatic rings. The van der Waals surface area contributed by atoms with Crippen LogP contribution < -0.4 is 10.2 Å². The van der Waals surface area contributed by atoms with Gasteiger partial charge >= 0.3 is 0 Å². The summed E-state index contributed by atoms with van der Waals surface area (Å²) >= 11 is 0. The lowest BCUT2D eigenvalue weighted by Crippen LogP contribution is -2.25. The zero-order valence-electron chi connectivity index (χ0n) is 10.9. The first kappa shape index (κ1) is 15.3. The molecule has 1 nitrogen and oxygen atoms in total.